The second-order valence-electron chi connectivity index (χ2n) is 4.25. The summed E-state index contributed by atoms with van der Waals surface area (Å²) in [5.74, 6) is -0.437. The molecule has 0 bridgehead atoms. The van der Waals surface area contributed by atoms with Gasteiger partial charge in [0.15, 0.2) is 0 Å². The molecule has 3 nitrogen and oxygen atoms in total. The van der Waals surface area contributed by atoms with E-state index in [1.165, 1.54) is 23.5 Å². The first-order valence-electron chi connectivity index (χ1n) is 6.14. The molecule has 1 N–H and O–H groups in total. The highest BCUT2D eigenvalue weighted by Gasteiger charge is 2.13. The van der Waals surface area contributed by atoms with Crippen molar-refractivity contribution >= 4 is 22.9 Å². The Morgan fingerprint density at radius 3 is 2.89 bits per heavy atom. The highest BCUT2D eigenvalue weighted by molar-refractivity contribution is 7.14. The molecule has 2 rings (SSSR count). The first-order chi connectivity index (χ1) is 9.11. The lowest BCUT2D eigenvalue weighted by atomic mass is 10.2. The topological polar surface area (TPSA) is 37.8 Å². The van der Waals surface area contributed by atoms with Gasteiger partial charge in [0.1, 0.15) is 15.8 Å². The van der Waals surface area contributed by atoms with Gasteiger partial charge in [0.05, 0.1) is 11.1 Å². The lowest BCUT2D eigenvalue weighted by molar-refractivity contribution is 0.564. The number of hydrogen-bond acceptors (Lipinski definition) is 4. The molecule has 0 aliphatic heterocycles. The van der Waals surface area contributed by atoms with Crippen LogP contribution in [0.15, 0.2) is 18.2 Å². The van der Waals surface area contributed by atoms with Crippen LogP contribution in [0.2, 0.25) is 5.02 Å². The molecule has 0 spiro atoms. The monoisotopic (exact) mass is 299 g/mol. The zero-order valence-corrected chi connectivity index (χ0v) is 12.4. The normalized spacial score (nSPS) is 12.6. The Balaban J connectivity index is 2.18. The zero-order valence-electron chi connectivity index (χ0n) is 10.8. The largest absolute Gasteiger partial charge is 0.308 e. The summed E-state index contributed by atoms with van der Waals surface area (Å²) in [6.45, 7) is 5.09. The summed E-state index contributed by atoms with van der Waals surface area (Å²) < 4.78 is 13.4. The first kappa shape index (κ1) is 14.4. The first-order valence-corrected chi connectivity index (χ1v) is 7.33. The van der Waals surface area contributed by atoms with Gasteiger partial charge in [0.25, 0.3) is 0 Å². The molecule has 1 aromatic carbocycles. The van der Waals surface area contributed by atoms with Gasteiger partial charge in [-0.05, 0) is 32.0 Å². The van der Waals surface area contributed by atoms with Gasteiger partial charge in [-0.15, -0.1) is 10.2 Å². The van der Waals surface area contributed by atoms with E-state index in [1.54, 1.807) is 6.07 Å². The van der Waals surface area contributed by atoms with Gasteiger partial charge in [-0.3, -0.25) is 0 Å². The summed E-state index contributed by atoms with van der Waals surface area (Å²) >= 11 is 7.13. The van der Waals surface area contributed by atoms with E-state index in [9.17, 15) is 4.39 Å². The van der Waals surface area contributed by atoms with Gasteiger partial charge in [0.2, 0.25) is 0 Å². The third-order valence-electron chi connectivity index (χ3n) is 2.68. The van der Waals surface area contributed by atoms with Crippen LogP contribution in [-0.4, -0.2) is 16.7 Å². The Hall–Kier alpha value is -1.04. The summed E-state index contributed by atoms with van der Waals surface area (Å²) in [7, 11) is 0. The standard InChI is InChI=1S/C13H15ClFN3S/c1-3-6-16-8(2)12-17-18-13(19-12)9-4-5-10(14)11(15)7-9/h4-5,7-8,16H,3,6H2,1-2H3. The Morgan fingerprint density at radius 1 is 1.42 bits per heavy atom. The molecule has 0 saturated carbocycles. The van der Waals surface area contributed by atoms with E-state index in [-0.39, 0.29) is 11.1 Å². The van der Waals surface area contributed by atoms with Crippen molar-refractivity contribution in [3.63, 3.8) is 0 Å². The summed E-state index contributed by atoms with van der Waals surface area (Å²) in [6, 6.07) is 4.83. The summed E-state index contributed by atoms with van der Waals surface area (Å²) in [6.07, 6.45) is 1.07. The number of hydrogen-bond donors (Lipinski definition) is 1. The van der Waals surface area contributed by atoms with Crippen LogP contribution in [0.4, 0.5) is 4.39 Å². The van der Waals surface area contributed by atoms with Crippen molar-refractivity contribution in [2.75, 3.05) is 6.54 Å². The van der Waals surface area contributed by atoms with Gasteiger partial charge >= 0.3 is 0 Å². The van der Waals surface area contributed by atoms with Gasteiger partial charge in [0, 0.05) is 5.56 Å². The Bertz CT molecular complexity index is 559. The Morgan fingerprint density at radius 2 is 2.21 bits per heavy atom. The predicted molar refractivity (Wildman–Crippen MR) is 77.0 cm³/mol. The van der Waals surface area contributed by atoms with E-state index in [2.05, 4.69) is 22.4 Å². The van der Waals surface area contributed by atoms with E-state index < -0.39 is 5.82 Å². The quantitative estimate of drug-likeness (QED) is 0.905. The van der Waals surface area contributed by atoms with Gasteiger partial charge < -0.3 is 5.32 Å². The lowest BCUT2D eigenvalue weighted by Gasteiger charge is -2.08. The molecule has 0 radical (unpaired) electrons. The van der Waals surface area contributed by atoms with E-state index in [0.717, 1.165) is 18.0 Å². The summed E-state index contributed by atoms with van der Waals surface area (Å²) in [4.78, 5) is 0. The number of benzene rings is 1. The third-order valence-corrected chi connectivity index (χ3v) is 4.14. The number of rotatable bonds is 5. The van der Waals surface area contributed by atoms with E-state index >= 15 is 0 Å². The van der Waals surface area contributed by atoms with E-state index in [4.69, 9.17) is 11.6 Å². The minimum Gasteiger partial charge on any atom is -0.308 e. The molecule has 0 saturated heterocycles. The second kappa shape index (κ2) is 6.41. The summed E-state index contributed by atoms with van der Waals surface area (Å²) in [5.41, 5.74) is 0.702. The van der Waals surface area contributed by atoms with Crippen LogP contribution in [0.5, 0.6) is 0 Å². The molecule has 1 aromatic heterocycles. The van der Waals surface area contributed by atoms with Crippen LogP contribution >= 0.6 is 22.9 Å². The fourth-order valence-corrected chi connectivity index (χ4v) is 2.59. The third kappa shape index (κ3) is 3.49. The molecule has 1 heterocycles. The predicted octanol–water partition coefficient (Wildman–Crippen LogP) is 4.06. The van der Waals surface area contributed by atoms with Crippen LogP contribution in [0, 0.1) is 5.82 Å². The molecule has 6 heteroatoms. The molecule has 0 aliphatic rings. The minimum atomic E-state index is -0.437. The van der Waals surface area contributed by atoms with Crippen LogP contribution in [-0.2, 0) is 0 Å². The Labute approximate surface area is 120 Å². The average molecular weight is 300 g/mol. The number of nitrogens with zero attached hydrogens (tertiary/aromatic N) is 2. The van der Waals surface area contributed by atoms with Crippen molar-refractivity contribution in [2.24, 2.45) is 0 Å². The minimum absolute atomic E-state index is 0.117. The van der Waals surface area contributed by atoms with Crippen LogP contribution in [0.3, 0.4) is 0 Å². The average Bonchev–Trinajstić information content (AvgIpc) is 2.89. The highest BCUT2D eigenvalue weighted by atomic mass is 35.5. The van der Waals surface area contributed by atoms with Gasteiger partial charge in [-0.25, -0.2) is 4.39 Å². The molecule has 0 fully saturated rings. The van der Waals surface area contributed by atoms with Crippen molar-refractivity contribution in [3.05, 3.63) is 34.0 Å². The maximum atomic E-state index is 13.4. The Kier molecular flexibility index (Phi) is 4.85. The number of halogens is 2. The van der Waals surface area contributed by atoms with Gasteiger partial charge in [-0.2, -0.15) is 0 Å². The molecular formula is C13H15ClFN3S. The number of nitrogens with one attached hydrogen (secondary N) is 1. The molecule has 1 unspecified atom stereocenters. The van der Waals surface area contributed by atoms with Crippen molar-refractivity contribution in [1.29, 1.82) is 0 Å². The SMILES string of the molecule is CCCNC(C)c1nnc(-c2ccc(Cl)c(F)c2)s1. The smallest absolute Gasteiger partial charge is 0.147 e. The van der Waals surface area contributed by atoms with Gasteiger partial charge in [-0.1, -0.05) is 35.9 Å². The van der Waals surface area contributed by atoms with Crippen LogP contribution in [0.1, 0.15) is 31.3 Å². The van der Waals surface area contributed by atoms with Crippen molar-refractivity contribution in [2.45, 2.75) is 26.3 Å². The maximum absolute atomic E-state index is 13.4. The molecule has 102 valence electrons. The molecule has 1 atom stereocenters. The van der Waals surface area contributed by atoms with Crippen LogP contribution < -0.4 is 5.32 Å². The zero-order chi connectivity index (χ0) is 13.8. The van der Waals surface area contributed by atoms with Crippen LogP contribution in [0.25, 0.3) is 10.6 Å². The van der Waals surface area contributed by atoms with E-state index in [0.29, 0.717) is 10.6 Å². The maximum Gasteiger partial charge on any atom is 0.147 e. The van der Waals surface area contributed by atoms with Crippen molar-refractivity contribution in [1.82, 2.24) is 15.5 Å². The number of aromatic nitrogens is 2. The lowest BCUT2D eigenvalue weighted by Crippen LogP contribution is -2.18. The fraction of sp³-hybridized carbons (Fsp3) is 0.385. The summed E-state index contributed by atoms with van der Waals surface area (Å²) in [5, 5.41) is 13.3. The molecular weight excluding hydrogens is 285 g/mol. The second-order valence-corrected chi connectivity index (χ2v) is 5.67. The van der Waals surface area contributed by atoms with Crippen molar-refractivity contribution in [3.8, 4) is 10.6 Å². The molecule has 0 aliphatic carbocycles. The van der Waals surface area contributed by atoms with Crippen molar-refractivity contribution < 1.29 is 4.39 Å². The van der Waals surface area contributed by atoms with E-state index in [1.807, 2.05) is 6.92 Å². The molecule has 0 amide bonds. The molecule has 19 heavy (non-hydrogen) atoms. The molecule has 2 aromatic rings. The fourth-order valence-electron chi connectivity index (χ4n) is 1.60. The highest BCUT2D eigenvalue weighted by Crippen LogP contribution is 2.28.